The molecule has 2 aromatic rings. The molecule has 2 aliphatic rings. The van der Waals surface area contributed by atoms with Crippen molar-refractivity contribution >= 4 is 23.4 Å². The van der Waals surface area contributed by atoms with Crippen LogP contribution in [0.5, 0.6) is 0 Å². The van der Waals surface area contributed by atoms with Crippen molar-refractivity contribution in [2.75, 3.05) is 49.3 Å². The molecule has 166 valence electrons. The normalized spacial score (nSPS) is 16.8. The molecule has 1 aromatic heterocycles. The Morgan fingerprint density at radius 2 is 1.90 bits per heavy atom. The van der Waals surface area contributed by atoms with Gasteiger partial charge in [-0.3, -0.25) is 4.79 Å². The molecule has 31 heavy (non-hydrogen) atoms. The minimum Gasteiger partial charge on any atom is -0.323 e. The first-order chi connectivity index (χ1) is 14.9. The molecule has 1 saturated heterocycles. The number of thioether (sulfide) groups is 1. The number of carbonyl (C=O) groups is 1. The van der Waals surface area contributed by atoms with Gasteiger partial charge >= 0.3 is 5.69 Å². The molecular weight excluding hydrogens is 424 g/mol. The number of rotatable bonds is 5. The van der Waals surface area contributed by atoms with E-state index in [2.05, 4.69) is 27.3 Å². The average molecular weight is 450 g/mol. The Hall–Kier alpha value is -2.46. The summed E-state index contributed by atoms with van der Waals surface area (Å²) >= 11 is 1.18. The molecule has 4 rings (SSSR count). The molecule has 1 fully saturated rings. The van der Waals surface area contributed by atoms with Crippen molar-refractivity contribution in [1.29, 1.82) is 0 Å². The lowest BCUT2D eigenvalue weighted by atomic mass is 9.97. The summed E-state index contributed by atoms with van der Waals surface area (Å²) in [5.41, 5.74) is 1.61. The fourth-order valence-corrected chi connectivity index (χ4v) is 4.87. The Labute approximate surface area is 183 Å². The predicted octanol–water partition coefficient (Wildman–Crippen LogP) is 2.01. The third kappa shape index (κ3) is 4.90. The van der Waals surface area contributed by atoms with Crippen molar-refractivity contribution in [2.45, 2.75) is 30.7 Å². The van der Waals surface area contributed by atoms with E-state index >= 15 is 0 Å². The fourth-order valence-electron chi connectivity index (χ4n) is 3.99. The molecule has 0 saturated carbocycles. The number of carbonyl (C=O) groups excluding carboxylic acids is 1. The third-order valence-corrected chi connectivity index (χ3v) is 6.66. The van der Waals surface area contributed by atoms with Crippen LogP contribution in [0.3, 0.4) is 0 Å². The first-order valence-corrected chi connectivity index (χ1v) is 11.4. The van der Waals surface area contributed by atoms with Crippen LogP contribution in [0.1, 0.15) is 24.1 Å². The SMILES string of the molecule is CN1CCN(n2c3c(c(SCC(=O)Nc4ccc(F)cc4F)nc2=O)CCCC3)CC1. The van der Waals surface area contributed by atoms with Gasteiger partial charge in [0.15, 0.2) is 0 Å². The van der Waals surface area contributed by atoms with Crippen LogP contribution in [0.4, 0.5) is 14.5 Å². The van der Waals surface area contributed by atoms with Crippen LogP contribution in [0.25, 0.3) is 0 Å². The number of nitrogens with one attached hydrogen (secondary N) is 1. The zero-order valence-electron chi connectivity index (χ0n) is 17.4. The van der Waals surface area contributed by atoms with E-state index in [1.807, 2.05) is 0 Å². The summed E-state index contributed by atoms with van der Waals surface area (Å²) < 4.78 is 28.5. The minimum atomic E-state index is -0.830. The number of piperazine rings is 1. The van der Waals surface area contributed by atoms with Crippen LogP contribution in [0.2, 0.25) is 0 Å². The number of anilines is 1. The summed E-state index contributed by atoms with van der Waals surface area (Å²) in [5.74, 6) is -2.00. The Morgan fingerprint density at radius 1 is 1.16 bits per heavy atom. The number of amides is 1. The van der Waals surface area contributed by atoms with Crippen molar-refractivity contribution in [3.63, 3.8) is 0 Å². The molecule has 0 spiro atoms. The third-order valence-electron chi connectivity index (χ3n) is 5.64. The zero-order chi connectivity index (χ0) is 22.0. The van der Waals surface area contributed by atoms with E-state index in [1.54, 1.807) is 4.68 Å². The molecule has 1 aliphatic heterocycles. The number of halogens is 2. The molecule has 1 amide bonds. The summed E-state index contributed by atoms with van der Waals surface area (Å²) in [4.78, 5) is 31.7. The molecule has 0 atom stereocenters. The Bertz CT molecular complexity index is 1040. The molecule has 1 N–H and O–H groups in total. The predicted molar refractivity (Wildman–Crippen MR) is 116 cm³/mol. The fraction of sp³-hybridized carbons (Fsp3) is 0.476. The summed E-state index contributed by atoms with van der Waals surface area (Å²) in [6, 6.07) is 2.99. The van der Waals surface area contributed by atoms with E-state index < -0.39 is 17.5 Å². The smallest absolute Gasteiger partial charge is 0.323 e. The van der Waals surface area contributed by atoms with Crippen molar-refractivity contribution < 1.29 is 13.6 Å². The molecule has 0 radical (unpaired) electrons. The molecular formula is C21H25F2N5O2S. The van der Waals surface area contributed by atoms with Gasteiger partial charge in [-0.2, -0.15) is 4.98 Å². The van der Waals surface area contributed by atoms with Gasteiger partial charge in [0.05, 0.1) is 17.1 Å². The standard InChI is InChI=1S/C21H25F2N5O2S/c1-26-8-10-27(11-9-26)28-18-5-3-2-4-15(18)20(25-21(28)30)31-13-19(29)24-17-7-6-14(22)12-16(17)23/h6-7,12H,2-5,8-11,13H2,1H3,(H,24,29). The Balaban J connectivity index is 1.51. The van der Waals surface area contributed by atoms with Crippen LogP contribution >= 0.6 is 11.8 Å². The van der Waals surface area contributed by atoms with Crippen molar-refractivity contribution in [1.82, 2.24) is 14.6 Å². The van der Waals surface area contributed by atoms with Gasteiger partial charge in [0.25, 0.3) is 0 Å². The summed E-state index contributed by atoms with van der Waals surface area (Å²) in [6.45, 7) is 3.31. The van der Waals surface area contributed by atoms with E-state index in [4.69, 9.17) is 0 Å². The highest BCUT2D eigenvalue weighted by Crippen LogP contribution is 2.29. The van der Waals surface area contributed by atoms with Gasteiger partial charge in [-0.25, -0.2) is 18.3 Å². The lowest BCUT2D eigenvalue weighted by molar-refractivity contribution is -0.113. The van der Waals surface area contributed by atoms with Crippen molar-refractivity contribution in [2.24, 2.45) is 0 Å². The number of hydrogen-bond acceptors (Lipinski definition) is 6. The molecule has 0 unspecified atom stereocenters. The van der Waals surface area contributed by atoms with E-state index in [0.29, 0.717) is 5.03 Å². The maximum absolute atomic E-state index is 13.8. The van der Waals surface area contributed by atoms with Crippen molar-refractivity contribution in [3.8, 4) is 0 Å². The van der Waals surface area contributed by atoms with Gasteiger partial charge in [0.2, 0.25) is 5.91 Å². The number of likely N-dealkylation sites (N-methyl/N-ethyl adjacent to an activating group) is 1. The molecule has 7 nitrogen and oxygen atoms in total. The molecule has 2 heterocycles. The van der Waals surface area contributed by atoms with Crippen LogP contribution in [0, 0.1) is 11.6 Å². The maximum atomic E-state index is 13.8. The largest absolute Gasteiger partial charge is 0.367 e. The summed E-state index contributed by atoms with van der Waals surface area (Å²) in [6.07, 6.45) is 3.64. The second-order valence-corrected chi connectivity index (χ2v) is 8.83. The van der Waals surface area contributed by atoms with Crippen molar-refractivity contribution in [3.05, 3.63) is 51.6 Å². The van der Waals surface area contributed by atoms with Gasteiger partial charge in [-0.1, -0.05) is 11.8 Å². The number of fused-ring (bicyclic) bond motifs is 1. The average Bonchev–Trinajstić information content (AvgIpc) is 2.75. The van der Waals surface area contributed by atoms with Crippen LogP contribution in [0.15, 0.2) is 28.0 Å². The zero-order valence-corrected chi connectivity index (χ0v) is 18.2. The molecule has 0 bridgehead atoms. The number of benzene rings is 1. The van der Waals surface area contributed by atoms with Gasteiger partial charge in [0, 0.05) is 37.8 Å². The van der Waals surface area contributed by atoms with Crippen LogP contribution in [-0.2, 0) is 17.6 Å². The van der Waals surface area contributed by atoms with Crippen LogP contribution in [-0.4, -0.2) is 59.4 Å². The Morgan fingerprint density at radius 3 is 2.65 bits per heavy atom. The van der Waals surface area contributed by atoms with Gasteiger partial charge < -0.3 is 15.2 Å². The molecule has 10 heteroatoms. The van der Waals surface area contributed by atoms with E-state index in [9.17, 15) is 18.4 Å². The topological polar surface area (TPSA) is 70.5 Å². The number of hydrogen-bond donors (Lipinski definition) is 1. The highest BCUT2D eigenvalue weighted by molar-refractivity contribution is 8.00. The quantitative estimate of drug-likeness (QED) is 0.556. The van der Waals surface area contributed by atoms with E-state index in [1.165, 1.54) is 17.8 Å². The highest BCUT2D eigenvalue weighted by atomic mass is 32.2. The minimum absolute atomic E-state index is 0.0196. The van der Waals surface area contributed by atoms with Gasteiger partial charge in [-0.15, -0.1) is 0 Å². The Kier molecular flexibility index (Phi) is 6.57. The summed E-state index contributed by atoms with van der Waals surface area (Å²) in [7, 11) is 2.07. The molecule has 1 aromatic carbocycles. The lowest BCUT2D eigenvalue weighted by Crippen LogP contribution is -2.54. The van der Waals surface area contributed by atoms with Gasteiger partial charge in [-0.05, 0) is 44.9 Å². The summed E-state index contributed by atoms with van der Waals surface area (Å²) in [5, 5.41) is 5.08. The lowest BCUT2D eigenvalue weighted by Gasteiger charge is -2.37. The number of nitrogens with zero attached hydrogens (tertiary/aromatic N) is 4. The van der Waals surface area contributed by atoms with E-state index in [0.717, 1.165) is 75.3 Å². The van der Waals surface area contributed by atoms with Gasteiger partial charge in [0.1, 0.15) is 16.7 Å². The second kappa shape index (κ2) is 9.35. The number of aromatic nitrogens is 2. The monoisotopic (exact) mass is 449 g/mol. The highest BCUT2D eigenvalue weighted by Gasteiger charge is 2.25. The first-order valence-electron chi connectivity index (χ1n) is 10.4. The van der Waals surface area contributed by atoms with E-state index in [-0.39, 0.29) is 17.1 Å². The van der Waals surface area contributed by atoms with Crippen LogP contribution < -0.4 is 16.0 Å². The first kappa shape index (κ1) is 21.8. The molecule has 1 aliphatic carbocycles. The second-order valence-electron chi connectivity index (χ2n) is 7.86. The maximum Gasteiger partial charge on any atom is 0.367 e.